The fourth-order valence-corrected chi connectivity index (χ4v) is 1.61. The fraction of sp³-hybridized carbons (Fsp3) is 0.583. The van der Waals surface area contributed by atoms with Crippen LogP contribution < -0.4 is 0 Å². The second-order valence-corrected chi connectivity index (χ2v) is 4.09. The Kier molecular flexibility index (Phi) is 4.36. The van der Waals surface area contributed by atoms with Crippen molar-refractivity contribution < 1.29 is 4.79 Å². The van der Waals surface area contributed by atoms with Gasteiger partial charge in [0.1, 0.15) is 11.6 Å². The van der Waals surface area contributed by atoms with Crippen LogP contribution in [0, 0.1) is 23.7 Å². The van der Waals surface area contributed by atoms with Gasteiger partial charge in [0.15, 0.2) is 0 Å². The summed E-state index contributed by atoms with van der Waals surface area (Å²) in [6, 6.07) is 1.99. The van der Waals surface area contributed by atoms with Crippen LogP contribution in [0.4, 0.5) is 0 Å². The van der Waals surface area contributed by atoms with E-state index >= 15 is 0 Å². The largest absolute Gasteiger partial charge is 0.338 e. The Morgan fingerprint density at radius 2 is 2.07 bits per heavy atom. The number of piperidine rings is 1. The highest BCUT2D eigenvalue weighted by Gasteiger charge is 2.20. The maximum Gasteiger partial charge on any atom is 0.264 e. The van der Waals surface area contributed by atoms with E-state index in [0.29, 0.717) is 0 Å². The van der Waals surface area contributed by atoms with Crippen molar-refractivity contribution in [3.63, 3.8) is 0 Å². The number of hydrogen-bond acceptors (Lipinski definition) is 2. The third-order valence-electron chi connectivity index (χ3n) is 2.34. The van der Waals surface area contributed by atoms with Gasteiger partial charge in [-0.2, -0.15) is 5.26 Å². The molecule has 0 aromatic rings. The third-order valence-corrected chi connectivity index (χ3v) is 2.34. The van der Waals surface area contributed by atoms with E-state index < -0.39 is 0 Å². The predicted octanol–water partition coefficient (Wildman–Crippen LogP) is 1.92. The lowest BCUT2D eigenvalue weighted by atomic mass is 10.1. The average molecular weight is 205 g/mol. The monoisotopic (exact) mass is 205 g/mol. The van der Waals surface area contributed by atoms with Crippen molar-refractivity contribution in [1.82, 2.24) is 4.90 Å². The van der Waals surface area contributed by atoms with Crippen LogP contribution in [0.3, 0.4) is 0 Å². The molecule has 15 heavy (non-hydrogen) atoms. The zero-order valence-corrected chi connectivity index (χ0v) is 9.36. The van der Waals surface area contributed by atoms with Crippen molar-refractivity contribution in [2.75, 3.05) is 13.1 Å². The number of likely N-dealkylation sites (tertiary alicyclic amines) is 1. The molecule has 1 rings (SSSR count). The highest BCUT2D eigenvalue weighted by molar-refractivity contribution is 5.97. The van der Waals surface area contributed by atoms with Crippen molar-refractivity contribution in [3.05, 3.63) is 18.1 Å². The van der Waals surface area contributed by atoms with Gasteiger partial charge in [-0.05, 0) is 25.2 Å². The second kappa shape index (κ2) is 5.55. The molecule has 3 nitrogen and oxygen atoms in total. The fourth-order valence-electron chi connectivity index (χ4n) is 1.61. The van der Waals surface area contributed by atoms with Gasteiger partial charge in [0, 0.05) is 13.1 Å². The van der Waals surface area contributed by atoms with Crippen molar-refractivity contribution >= 4 is 5.91 Å². The number of rotatable bonds is 2. The molecule has 0 atom stereocenters. The molecule has 0 aliphatic carbocycles. The molecule has 0 bridgehead atoms. The molecule has 1 aliphatic rings. The quantitative estimate of drug-likeness (QED) is 0.510. The second-order valence-electron chi connectivity index (χ2n) is 4.09. The van der Waals surface area contributed by atoms with Gasteiger partial charge in [0.05, 0.1) is 0 Å². The van der Waals surface area contributed by atoms with Crippen LogP contribution in [0.15, 0.2) is 11.6 Å². The number of carbonyl (C=O) groups is 1. The van der Waals surface area contributed by atoms with E-state index in [9.17, 15) is 4.79 Å². The molecule has 0 spiro atoms. The Morgan fingerprint density at radius 1 is 1.47 bits per heavy atom. The lowest BCUT2D eigenvalue weighted by molar-refractivity contribution is -0.127. The summed E-state index contributed by atoms with van der Waals surface area (Å²) in [7, 11) is 0. The molecule has 1 heterocycles. The van der Waals surface area contributed by atoms with E-state index in [0.717, 1.165) is 25.9 Å². The number of nitrogens with zero attached hydrogens (tertiary/aromatic N) is 2. The van der Waals surface area contributed by atoms with E-state index in [-0.39, 0.29) is 17.4 Å². The Hall–Kier alpha value is -1.30. The van der Waals surface area contributed by atoms with Crippen LogP contribution in [-0.2, 0) is 4.79 Å². The first-order chi connectivity index (χ1) is 7.15. The molecule has 3 heteroatoms. The maximum atomic E-state index is 11.9. The Morgan fingerprint density at radius 3 is 2.53 bits per heavy atom. The summed E-state index contributed by atoms with van der Waals surface area (Å²) in [6.45, 7) is 5.43. The number of carbonyl (C=O) groups excluding carboxylic acids is 1. The van der Waals surface area contributed by atoms with Gasteiger partial charge < -0.3 is 4.90 Å². The van der Waals surface area contributed by atoms with Crippen molar-refractivity contribution in [2.45, 2.75) is 26.7 Å². The van der Waals surface area contributed by atoms with E-state index in [1.165, 1.54) is 0 Å². The van der Waals surface area contributed by atoms with Crippen LogP contribution in [0.25, 0.3) is 0 Å². The van der Waals surface area contributed by atoms with Crippen molar-refractivity contribution in [1.29, 1.82) is 5.26 Å². The van der Waals surface area contributed by atoms with Gasteiger partial charge in [-0.15, -0.1) is 0 Å². The minimum absolute atomic E-state index is 0.112. The van der Waals surface area contributed by atoms with Crippen molar-refractivity contribution in [3.8, 4) is 6.07 Å². The number of hydrogen-bond donors (Lipinski definition) is 0. The van der Waals surface area contributed by atoms with Gasteiger partial charge in [-0.3, -0.25) is 4.79 Å². The van der Waals surface area contributed by atoms with Crippen LogP contribution >= 0.6 is 0 Å². The molecule has 0 aromatic carbocycles. The van der Waals surface area contributed by atoms with E-state index in [1.807, 2.05) is 19.9 Å². The Balaban J connectivity index is 2.68. The smallest absolute Gasteiger partial charge is 0.264 e. The maximum absolute atomic E-state index is 11.9. The van der Waals surface area contributed by atoms with Gasteiger partial charge in [-0.25, -0.2) is 0 Å². The molecule has 0 saturated carbocycles. The molecule has 1 amide bonds. The average Bonchev–Trinajstić information content (AvgIpc) is 2.26. The summed E-state index contributed by atoms with van der Waals surface area (Å²) < 4.78 is 0. The topological polar surface area (TPSA) is 44.1 Å². The first kappa shape index (κ1) is 11.8. The Labute approximate surface area is 91.4 Å². The lowest BCUT2D eigenvalue weighted by Gasteiger charge is -2.26. The first-order valence-corrected chi connectivity index (χ1v) is 5.38. The third kappa shape index (κ3) is 3.39. The normalized spacial score (nSPS) is 17.7. The molecule has 1 aliphatic heterocycles. The van der Waals surface area contributed by atoms with Gasteiger partial charge in [0.2, 0.25) is 0 Å². The minimum atomic E-state index is -0.112. The molecular formula is C12H17N2O. The van der Waals surface area contributed by atoms with Crippen LogP contribution in [0.2, 0.25) is 0 Å². The van der Waals surface area contributed by atoms with Crippen LogP contribution in [0.1, 0.15) is 26.7 Å². The molecule has 1 fully saturated rings. The standard InChI is InChI=1S/C12H17N2O/c1-10(2)8-11(9-13)12(15)14-6-4-3-5-7-14/h3,8,10H,4-7H2,1-2H3. The SMILES string of the molecule is CC(C)C=C(C#N)C(=O)N1CC[CH]CC1. The summed E-state index contributed by atoms with van der Waals surface area (Å²) in [4.78, 5) is 13.6. The van der Waals surface area contributed by atoms with Gasteiger partial charge in [-0.1, -0.05) is 19.9 Å². The van der Waals surface area contributed by atoms with Gasteiger partial charge >= 0.3 is 0 Å². The van der Waals surface area contributed by atoms with E-state index in [4.69, 9.17) is 5.26 Å². The molecule has 1 radical (unpaired) electrons. The molecule has 1 saturated heterocycles. The molecular weight excluding hydrogens is 188 g/mol. The molecule has 0 unspecified atom stereocenters. The highest BCUT2D eigenvalue weighted by atomic mass is 16.2. The predicted molar refractivity (Wildman–Crippen MR) is 58.6 cm³/mol. The summed E-state index contributed by atoms with van der Waals surface area (Å²) in [5.74, 6) is 0.124. The minimum Gasteiger partial charge on any atom is -0.338 e. The van der Waals surface area contributed by atoms with E-state index in [2.05, 4.69) is 6.42 Å². The number of allylic oxidation sites excluding steroid dienone is 1. The molecule has 0 aromatic heterocycles. The number of amides is 1. The van der Waals surface area contributed by atoms with E-state index in [1.54, 1.807) is 11.0 Å². The van der Waals surface area contributed by atoms with Crippen LogP contribution in [-0.4, -0.2) is 23.9 Å². The zero-order valence-electron chi connectivity index (χ0n) is 9.36. The highest BCUT2D eigenvalue weighted by Crippen LogP contribution is 2.12. The molecule has 81 valence electrons. The lowest BCUT2D eigenvalue weighted by Crippen LogP contribution is -2.36. The summed E-state index contributed by atoms with van der Waals surface area (Å²) >= 11 is 0. The number of nitriles is 1. The summed E-state index contributed by atoms with van der Waals surface area (Å²) in [6.07, 6.45) is 5.79. The summed E-state index contributed by atoms with van der Waals surface area (Å²) in [5.41, 5.74) is 0.284. The first-order valence-electron chi connectivity index (χ1n) is 5.38. The van der Waals surface area contributed by atoms with Gasteiger partial charge in [0.25, 0.3) is 5.91 Å². The zero-order chi connectivity index (χ0) is 11.3. The molecule has 0 N–H and O–H groups in total. The van der Waals surface area contributed by atoms with Crippen LogP contribution in [0.5, 0.6) is 0 Å². The van der Waals surface area contributed by atoms with Crippen molar-refractivity contribution in [2.24, 2.45) is 5.92 Å². The summed E-state index contributed by atoms with van der Waals surface area (Å²) in [5, 5.41) is 8.90. The Bertz CT molecular complexity index is 293.